The monoisotopic (exact) mass is 416 g/mol. The second-order valence-corrected chi connectivity index (χ2v) is 7.97. The molecule has 8 heteroatoms. The third-order valence-electron chi connectivity index (χ3n) is 5.51. The highest BCUT2D eigenvalue weighted by molar-refractivity contribution is 5.79. The van der Waals surface area contributed by atoms with Crippen LogP contribution in [0.4, 0.5) is 4.39 Å². The molecule has 0 bridgehead atoms. The van der Waals surface area contributed by atoms with Gasteiger partial charge in [0.25, 0.3) is 0 Å². The second kappa shape index (κ2) is 9.84. The molecule has 0 spiro atoms. The van der Waals surface area contributed by atoms with Crippen LogP contribution >= 0.6 is 0 Å². The Hall–Kier alpha value is -2.74. The number of carbonyl (C=O) groups excluding carboxylic acids is 2. The molecule has 2 amide bonds. The fourth-order valence-electron chi connectivity index (χ4n) is 3.76. The lowest BCUT2D eigenvalue weighted by Gasteiger charge is -2.22. The van der Waals surface area contributed by atoms with Crippen molar-refractivity contribution in [1.82, 2.24) is 20.3 Å². The fraction of sp³-hybridized carbons (Fsp3) is 0.500. The first kappa shape index (κ1) is 22.0. The molecule has 2 aromatic rings. The molecule has 0 saturated carbocycles. The number of likely N-dealkylation sites (tertiary alicyclic amines) is 1. The summed E-state index contributed by atoms with van der Waals surface area (Å²) in [7, 11) is 1.79. The molecular weight excluding hydrogens is 387 g/mol. The van der Waals surface area contributed by atoms with E-state index in [0.29, 0.717) is 44.5 Å². The molecule has 1 saturated heterocycles. The first-order valence-corrected chi connectivity index (χ1v) is 10.2. The second-order valence-electron chi connectivity index (χ2n) is 7.97. The Labute approximate surface area is 176 Å². The lowest BCUT2D eigenvalue weighted by Crippen LogP contribution is -2.41. The van der Waals surface area contributed by atoms with Crippen molar-refractivity contribution in [2.24, 2.45) is 0 Å². The van der Waals surface area contributed by atoms with Gasteiger partial charge in [0, 0.05) is 36.7 Å². The number of hydrogen-bond donors (Lipinski definition) is 1. The molecule has 162 valence electrons. The van der Waals surface area contributed by atoms with E-state index in [2.05, 4.69) is 10.5 Å². The van der Waals surface area contributed by atoms with Gasteiger partial charge in [0.2, 0.25) is 11.8 Å². The molecule has 1 N–H and O–H groups in total. The van der Waals surface area contributed by atoms with Crippen LogP contribution in [0, 0.1) is 19.7 Å². The van der Waals surface area contributed by atoms with Crippen LogP contribution in [0.25, 0.3) is 0 Å². The first-order valence-electron chi connectivity index (χ1n) is 10.2. The number of benzene rings is 1. The highest BCUT2D eigenvalue weighted by Gasteiger charge is 2.25. The third-order valence-corrected chi connectivity index (χ3v) is 5.51. The zero-order valence-electron chi connectivity index (χ0n) is 17.8. The van der Waals surface area contributed by atoms with Gasteiger partial charge < -0.3 is 14.7 Å². The van der Waals surface area contributed by atoms with Gasteiger partial charge in [-0.2, -0.15) is 0 Å². The Balaban J connectivity index is 1.49. The molecule has 3 rings (SSSR count). The summed E-state index contributed by atoms with van der Waals surface area (Å²) in [5.41, 5.74) is 2.30. The van der Waals surface area contributed by atoms with Gasteiger partial charge in [-0.15, -0.1) is 0 Å². The van der Waals surface area contributed by atoms with Crippen LogP contribution in [0.2, 0.25) is 0 Å². The number of nitrogens with one attached hydrogen (secondary N) is 1. The summed E-state index contributed by atoms with van der Waals surface area (Å²) >= 11 is 0. The molecule has 1 aliphatic rings. The summed E-state index contributed by atoms with van der Waals surface area (Å²) in [4.78, 5) is 28.6. The molecule has 1 aliphatic heterocycles. The minimum Gasteiger partial charge on any atom is -0.361 e. The fourth-order valence-corrected chi connectivity index (χ4v) is 3.76. The lowest BCUT2D eigenvalue weighted by molar-refractivity contribution is -0.131. The van der Waals surface area contributed by atoms with Crippen molar-refractivity contribution in [3.05, 3.63) is 52.7 Å². The predicted octanol–water partition coefficient (Wildman–Crippen LogP) is 2.56. The number of aryl methyl sites for hydroxylation is 2. The molecule has 1 unspecified atom stereocenters. The molecule has 7 nitrogen and oxygen atoms in total. The van der Waals surface area contributed by atoms with Gasteiger partial charge in [-0.25, -0.2) is 4.39 Å². The SMILES string of the molecule is Cc1noc(C)c1CN1CCC(NC(=O)CN(C)Cc2ccccc2F)CCC1=O. The van der Waals surface area contributed by atoms with Crippen LogP contribution in [0.5, 0.6) is 0 Å². The van der Waals surface area contributed by atoms with E-state index < -0.39 is 0 Å². The highest BCUT2D eigenvalue weighted by atomic mass is 19.1. The summed E-state index contributed by atoms with van der Waals surface area (Å²) in [5.74, 6) is 0.409. The van der Waals surface area contributed by atoms with Gasteiger partial charge in [-0.3, -0.25) is 14.5 Å². The van der Waals surface area contributed by atoms with Crippen molar-refractivity contribution in [3.63, 3.8) is 0 Å². The van der Waals surface area contributed by atoms with Gasteiger partial charge >= 0.3 is 0 Å². The summed E-state index contributed by atoms with van der Waals surface area (Å²) in [5, 5.41) is 6.98. The molecule has 0 aliphatic carbocycles. The van der Waals surface area contributed by atoms with E-state index in [1.807, 2.05) is 18.7 Å². The van der Waals surface area contributed by atoms with Crippen LogP contribution in [-0.2, 0) is 22.7 Å². The predicted molar refractivity (Wildman–Crippen MR) is 110 cm³/mol. The summed E-state index contributed by atoms with van der Waals surface area (Å²) in [6.07, 6.45) is 1.69. The zero-order valence-corrected chi connectivity index (χ0v) is 17.8. The Bertz CT molecular complexity index is 879. The number of likely N-dealkylation sites (N-methyl/N-ethyl adjacent to an activating group) is 1. The van der Waals surface area contributed by atoms with Gasteiger partial charge in [-0.05, 0) is 39.8 Å². The van der Waals surface area contributed by atoms with E-state index in [-0.39, 0.29) is 30.2 Å². The summed E-state index contributed by atoms with van der Waals surface area (Å²) < 4.78 is 19.0. The minimum absolute atomic E-state index is 0.0574. The van der Waals surface area contributed by atoms with Crippen LogP contribution in [-0.4, -0.2) is 52.9 Å². The summed E-state index contributed by atoms with van der Waals surface area (Å²) in [6, 6.07) is 6.50. The van der Waals surface area contributed by atoms with Gasteiger partial charge in [0.1, 0.15) is 11.6 Å². The van der Waals surface area contributed by atoms with Crippen LogP contribution in [0.15, 0.2) is 28.8 Å². The molecule has 1 fully saturated rings. The van der Waals surface area contributed by atoms with Crippen LogP contribution in [0.3, 0.4) is 0 Å². The van der Waals surface area contributed by atoms with Crippen molar-refractivity contribution < 1.29 is 18.5 Å². The van der Waals surface area contributed by atoms with E-state index in [1.165, 1.54) is 6.07 Å². The Kier molecular flexibility index (Phi) is 7.20. The van der Waals surface area contributed by atoms with Crippen molar-refractivity contribution in [3.8, 4) is 0 Å². The Morgan fingerprint density at radius 1 is 1.33 bits per heavy atom. The van der Waals surface area contributed by atoms with Gasteiger partial charge in [0.15, 0.2) is 0 Å². The van der Waals surface area contributed by atoms with Gasteiger partial charge in [-0.1, -0.05) is 23.4 Å². The van der Waals surface area contributed by atoms with E-state index in [1.54, 1.807) is 30.1 Å². The van der Waals surface area contributed by atoms with Crippen LogP contribution < -0.4 is 5.32 Å². The highest BCUT2D eigenvalue weighted by Crippen LogP contribution is 2.19. The largest absolute Gasteiger partial charge is 0.361 e. The maximum atomic E-state index is 13.8. The smallest absolute Gasteiger partial charge is 0.234 e. The average Bonchev–Trinajstić information content (AvgIpc) is 2.90. The van der Waals surface area contributed by atoms with E-state index >= 15 is 0 Å². The number of rotatable bonds is 7. The molecule has 30 heavy (non-hydrogen) atoms. The number of aromatic nitrogens is 1. The lowest BCUT2D eigenvalue weighted by atomic mass is 10.1. The topological polar surface area (TPSA) is 78.7 Å². The minimum atomic E-state index is -0.273. The normalized spacial score (nSPS) is 17.3. The number of halogens is 1. The third kappa shape index (κ3) is 5.66. The number of hydrogen-bond acceptors (Lipinski definition) is 5. The maximum Gasteiger partial charge on any atom is 0.234 e. The van der Waals surface area contributed by atoms with Crippen molar-refractivity contribution in [1.29, 1.82) is 0 Å². The van der Waals surface area contributed by atoms with E-state index in [9.17, 15) is 14.0 Å². The van der Waals surface area contributed by atoms with Crippen molar-refractivity contribution in [2.75, 3.05) is 20.1 Å². The standard InChI is InChI=1S/C22H29FN4O3/c1-15-19(16(2)30-25-15)13-27-11-10-18(8-9-22(27)29)24-21(28)14-26(3)12-17-6-4-5-7-20(17)23/h4-7,18H,8-14H2,1-3H3,(H,24,28). The number of nitrogens with zero attached hydrogens (tertiary/aromatic N) is 3. The number of amides is 2. The molecule has 1 aromatic heterocycles. The zero-order chi connectivity index (χ0) is 21.7. The van der Waals surface area contributed by atoms with E-state index in [4.69, 9.17) is 4.52 Å². The number of carbonyl (C=O) groups is 2. The van der Waals surface area contributed by atoms with E-state index in [0.717, 1.165) is 17.0 Å². The summed E-state index contributed by atoms with van der Waals surface area (Å²) in [6.45, 7) is 5.29. The molecule has 1 aromatic carbocycles. The maximum absolute atomic E-state index is 13.8. The van der Waals surface area contributed by atoms with Crippen molar-refractivity contribution in [2.45, 2.75) is 52.2 Å². The molecular formula is C22H29FN4O3. The quantitative estimate of drug-likeness (QED) is 0.751. The average molecular weight is 416 g/mol. The molecule has 2 heterocycles. The Morgan fingerprint density at radius 3 is 2.80 bits per heavy atom. The molecule has 0 radical (unpaired) electrons. The Morgan fingerprint density at radius 2 is 2.10 bits per heavy atom. The van der Waals surface area contributed by atoms with Crippen LogP contribution in [0.1, 0.15) is 41.8 Å². The van der Waals surface area contributed by atoms with Crippen molar-refractivity contribution >= 4 is 11.8 Å². The first-order chi connectivity index (χ1) is 14.3. The van der Waals surface area contributed by atoms with Gasteiger partial charge in [0.05, 0.1) is 18.8 Å². The molecule has 1 atom stereocenters.